The maximum Gasteiger partial charge on any atom is 0.246 e. The standard InChI is InChI=1S/C27H40N2O6S2/c1-26(2,3)20-10-12-22(34-7)24(18-20)36(30,31)28-14-9-15-29(17-16-28)37(32,33)25-19-21(27(4,5)6)11-13-23(25)35-8/h10-13,18-19H,9,14-17H2,1-8H3. The van der Waals surface area contributed by atoms with Crippen molar-refractivity contribution in [2.24, 2.45) is 0 Å². The summed E-state index contributed by atoms with van der Waals surface area (Å²) in [5.74, 6) is 0.538. The van der Waals surface area contributed by atoms with Gasteiger partial charge >= 0.3 is 0 Å². The molecule has 1 aliphatic rings. The lowest BCUT2D eigenvalue weighted by atomic mass is 9.87. The van der Waals surface area contributed by atoms with Crippen LogP contribution in [0.3, 0.4) is 0 Å². The summed E-state index contributed by atoms with van der Waals surface area (Å²) >= 11 is 0. The highest BCUT2D eigenvalue weighted by Crippen LogP contribution is 2.35. The quantitative estimate of drug-likeness (QED) is 0.528. The summed E-state index contributed by atoms with van der Waals surface area (Å²) in [6.45, 7) is 12.6. The molecule has 206 valence electrons. The van der Waals surface area contributed by atoms with E-state index in [1.165, 1.54) is 22.8 Å². The van der Waals surface area contributed by atoms with Crippen molar-refractivity contribution in [3.63, 3.8) is 0 Å². The van der Waals surface area contributed by atoms with Gasteiger partial charge in [0.25, 0.3) is 0 Å². The average molecular weight is 553 g/mol. The molecule has 37 heavy (non-hydrogen) atoms. The molecule has 0 aliphatic carbocycles. The smallest absolute Gasteiger partial charge is 0.246 e. The van der Waals surface area contributed by atoms with E-state index in [-0.39, 0.29) is 58.3 Å². The average Bonchev–Trinajstić information content (AvgIpc) is 3.09. The van der Waals surface area contributed by atoms with Gasteiger partial charge in [-0.25, -0.2) is 16.8 Å². The number of ether oxygens (including phenoxy) is 2. The van der Waals surface area contributed by atoms with Crippen LogP contribution in [0.1, 0.15) is 59.1 Å². The van der Waals surface area contributed by atoms with E-state index in [1.54, 1.807) is 24.3 Å². The fourth-order valence-corrected chi connectivity index (χ4v) is 7.62. The van der Waals surface area contributed by atoms with E-state index in [2.05, 4.69) is 0 Å². The molecule has 1 fully saturated rings. The predicted molar refractivity (Wildman–Crippen MR) is 146 cm³/mol. The maximum absolute atomic E-state index is 13.7. The van der Waals surface area contributed by atoms with Gasteiger partial charge in [-0.15, -0.1) is 0 Å². The summed E-state index contributed by atoms with van der Waals surface area (Å²) in [5, 5.41) is 0. The van der Waals surface area contributed by atoms with Crippen molar-refractivity contribution < 1.29 is 26.3 Å². The lowest BCUT2D eigenvalue weighted by Crippen LogP contribution is -2.37. The van der Waals surface area contributed by atoms with Crippen LogP contribution in [0.5, 0.6) is 11.5 Å². The highest BCUT2D eigenvalue weighted by atomic mass is 32.2. The Kier molecular flexibility index (Phi) is 8.39. The molecule has 0 saturated carbocycles. The molecule has 1 aliphatic heterocycles. The van der Waals surface area contributed by atoms with E-state index in [0.29, 0.717) is 6.42 Å². The van der Waals surface area contributed by atoms with E-state index in [1.807, 2.05) is 53.7 Å². The molecular weight excluding hydrogens is 512 g/mol. The van der Waals surface area contributed by atoms with Gasteiger partial charge in [0, 0.05) is 26.2 Å². The molecule has 1 heterocycles. The summed E-state index contributed by atoms with van der Waals surface area (Å²) in [6.07, 6.45) is 0.362. The minimum Gasteiger partial charge on any atom is -0.495 e. The first kappa shape index (κ1) is 29.4. The van der Waals surface area contributed by atoms with Crippen LogP contribution in [0.4, 0.5) is 0 Å². The van der Waals surface area contributed by atoms with Crippen molar-refractivity contribution in [1.29, 1.82) is 0 Å². The van der Waals surface area contributed by atoms with Crippen LogP contribution in [0, 0.1) is 0 Å². The lowest BCUT2D eigenvalue weighted by molar-refractivity contribution is 0.383. The van der Waals surface area contributed by atoms with Gasteiger partial charge in [-0.05, 0) is 52.6 Å². The van der Waals surface area contributed by atoms with Crippen molar-refractivity contribution in [1.82, 2.24) is 8.61 Å². The Labute approximate surface area is 222 Å². The van der Waals surface area contributed by atoms with Crippen molar-refractivity contribution in [2.45, 2.75) is 68.6 Å². The van der Waals surface area contributed by atoms with E-state index in [0.717, 1.165) is 11.1 Å². The van der Waals surface area contributed by atoms with Crippen molar-refractivity contribution in [3.05, 3.63) is 47.5 Å². The van der Waals surface area contributed by atoms with Crippen LogP contribution in [-0.2, 0) is 30.9 Å². The highest BCUT2D eigenvalue weighted by molar-refractivity contribution is 7.89. The Morgan fingerprint density at radius 3 is 1.27 bits per heavy atom. The second-order valence-corrected chi connectivity index (χ2v) is 15.2. The van der Waals surface area contributed by atoms with Crippen LogP contribution >= 0.6 is 0 Å². The third kappa shape index (κ3) is 6.13. The Balaban J connectivity index is 1.94. The Bertz CT molecular complexity index is 1240. The molecule has 0 atom stereocenters. The SMILES string of the molecule is COc1ccc(C(C)(C)C)cc1S(=O)(=O)N1CCCN(S(=O)(=O)c2cc(C(C)(C)C)ccc2OC)CC1. The maximum atomic E-state index is 13.7. The molecule has 2 aromatic carbocycles. The van der Waals surface area contributed by atoms with Crippen molar-refractivity contribution in [2.75, 3.05) is 40.4 Å². The first-order chi connectivity index (χ1) is 17.0. The molecule has 2 aromatic rings. The topological polar surface area (TPSA) is 93.2 Å². The number of benzene rings is 2. The number of methoxy groups -OCH3 is 2. The van der Waals surface area contributed by atoms with Crippen molar-refractivity contribution >= 4 is 20.0 Å². The zero-order valence-corrected chi connectivity index (χ0v) is 24.8. The Morgan fingerprint density at radius 1 is 0.622 bits per heavy atom. The zero-order chi connectivity index (χ0) is 27.8. The summed E-state index contributed by atoms with van der Waals surface area (Å²) in [4.78, 5) is 0.191. The van der Waals surface area contributed by atoms with Crippen molar-refractivity contribution in [3.8, 4) is 11.5 Å². The minimum absolute atomic E-state index is 0.0335. The first-order valence-electron chi connectivity index (χ1n) is 12.4. The number of rotatable bonds is 6. The molecule has 10 heteroatoms. The second-order valence-electron chi connectivity index (χ2n) is 11.4. The first-order valence-corrected chi connectivity index (χ1v) is 15.3. The van der Waals surface area contributed by atoms with Crippen LogP contribution in [0.15, 0.2) is 46.2 Å². The summed E-state index contributed by atoms with van der Waals surface area (Å²) in [6, 6.07) is 10.4. The Hall–Kier alpha value is -2.14. The van der Waals surface area contributed by atoms with Gasteiger partial charge in [-0.2, -0.15) is 8.61 Å². The molecule has 0 N–H and O–H groups in total. The Morgan fingerprint density at radius 2 is 0.973 bits per heavy atom. The molecule has 0 radical (unpaired) electrons. The van der Waals surface area contributed by atoms with Crippen LogP contribution in [0.25, 0.3) is 0 Å². The number of hydrogen-bond donors (Lipinski definition) is 0. The molecule has 8 nitrogen and oxygen atoms in total. The molecule has 0 spiro atoms. The predicted octanol–water partition coefficient (Wildman–Crippen LogP) is 4.38. The van der Waals surface area contributed by atoms with Crippen LogP contribution < -0.4 is 9.47 Å². The normalized spacial score (nSPS) is 16.9. The second kappa shape index (κ2) is 10.6. The summed E-state index contributed by atoms with van der Waals surface area (Å²) < 4.78 is 68.5. The fourth-order valence-electron chi connectivity index (χ4n) is 4.32. The van der Waals surface area contributed by atoms with Crippen LogP contribution in [0.2, 0.25) is 0 Å². The third-order valence-corrected chi connectivity index (χ3v) is 10.5. The van der Waals surface area contributed by atoms with E-state index in [9.17, 15) is 16.8 Å². The molecule has 3 rings (SSSR count). The van der Waals surface area contributed by atoms with E-state index in [4.69, 9.17) is 9.47 Å². The molecule has 0 amide bonds. The van der Waals surface area contributed by atoms with Gasteiger partial charge in [-0.3, -0.25) is 0 Å². The van der Waals surface area contributed by atoms with Gasteiger partial charge in [0.2, 0.25) is 20.0 Å². The van der Waals surface area contributed by atoms with E-state index >= 15 is 0 Å². The largest absolute Gasteiger partial charge is 0.495 e. The van der Waals surface area contributed by atoms with Gasteiger partial charge < -0.3 is 9.47 Å². The van der Waals surface area contributed by atoms with E-state index < -0.39 is 20.0 Å². The summed E-state index contributed by atoms with van der Waals surface area (Å²) in [5.41, 5.74) is 1.25. The lowest BCUT2D eigenvalue weighted by Gasteiger charge is -2.25. The molecule has 0 unspecified atom stereocenters. The molecule has 1 saturated heterocycles. The number of hydrogen-bond acceptors (Lipinski definition) is 6. The fraction of sp³-hybridized carbons (Fsp3) is 0.556. The highest BCUT2D eigenvalue weighted by Gasteiger charge is 2.35. The zero-order valence-electron chi connectivity index (χ0n) is 23.2. The molecular formula is C27H40N2O6S2. The molecule has 0 bridgehead atoms. The summed E-state index contributed by atoms with van der Waals surface area (Å²) in [7, 11) is -4.95. The monoisotopic (exact) mass is 552 g/mol. The number of nitrogens with zero attached hydrogens (tertiary/aromatic N) is 2. The van der Waals surface area contributed by atoms with Gasteiger partial charge in [-0.1, -0.05) is 53.7 Å². The third-order valence-electron chi connectivity index (χ3n) is 6.71. The van der Waals surface area contributed by atoms with Gasteiger partial charge in [0.05, 0.1) is 14.2 Å². The van der Waals surface area contributed by atoms with Crippen LogP contribution in [-0.4, -0.2) is 65.8 Å². The van der Waals surface area contributed by atoms with Gasteiger partial charge in [0.1, 0.15) is 21.3 Å². The molecule has 0 aromatic heterocycles. The minimum atomic E-state index is -3.92. The number of sulfonamides is 2. The van der Waals surface area contributed by atoms with Gasteiger partial charge in [0.15, 0.2) is 0 Å².